The fourth-order valence-corrected chi connectivity index (χ4v) is 5.31. The van der Waals surface area contributed by atoms with E-state index in [2.05, 4.69) is 121 Å². The molecular weight excluding hydrogens is 427 g/mol. The molecule has 0 aromatic heterocycles. The van der Waals surface area contributed by atoms with Crippen molar-refractivity contribution in [3.63, 3.8) is 0 Å². The molecule has 0 N–H and O–H groups in total. The molecule has 1 aliphatic rings. The minimum Gasteiger partial charge on any atom is -0.399 e. The molecule has 0 saturated carbocycles. The molecule has 0 radical (unpaired) electrons. The molecule has 2 nitrogen and oxygen atoms in total. The zero-order valence-electron chi connectivity index (χ0n) is 21.8. The Labute approximate surface area is 208 Å². The van der Waals surface area contributed by atoms with Crippen LogP contribution in [-0.4, -0.2) is 18.3 Å². The molecule has 0 bridgehead atoms. The van der Waals surface area contributed by atoms with Gasteiger partial charge in [0.05, 0.1) is 11.2 Å². The van der Waals surface area contributed by atoms with E-state index in [1.807, 2.05) is 0 Å². The predicted molar refractivity (Wildman–Crippen MR) is 150 cm³/mol. The van der Waals surface area contributed by atoms with Crippen molar-refractivity contribution < 1.29 is 9.31 Å². The van der Waals surface area contributed by atoms with Gasteiger partial charge in [-0.2, -0.15) is 0 Å². The smallest absolute Gasteiger partial charge is 0.399 e. The van der Waals surface area contributed by atoms with Gasteiger partial charge < -0.3 is 9.31 Å². The SMILES string of the molecule is CC(C)(C)c1ccc(-c2cc3ccc4cc(B5OC(C)(C)C(C)(C)O5)cc5ccc(c2)c3c45)cc1. The summed E-state index contributed by atoms with van der Waals surface area (Å²) in [4.78, 5) is 0. The average molecular weight is 460 g/mol. The Hall–Kier alpha value is -2.88. The third kappa shape index (κ3) is 3.56. The van der Waals surface area contributed by atoms with Crippen molar-refractivity contribution in [1.29, 1.82) is 0 Å². The van der Waals surface area contributed by atoms with Crippen molar-refractivity contribution in [1.82, 2.24) is 0 Å². The molecule has 1 heterocycles. The highest BCUT2D eigenvalue weighted by Crippen LogP contribution is 2.39. The van der Waals surface area contributed by atoms with E-state index in [1.165, 1.54) is 49.0 Å². The van der Waals surface area contributed by atoms with Crippen LogP contribution in [0.3, 0.4) is 0 Å². The number of hydrogen-bond acceptors (Lipinski definition) is 2. The first-order valence-corrected chi connectivity index (χ1v) is 12.6. The summed E-state index contributed by atoms with van der Waals surface area (Å²) in [5.41, 5.74) is 4.41. The van der Waals surface area contributed by atoms with Gasteiger partial charge in [0.15, 0.2) is 0 Å². The fraction of sp³-hybridized carbons (Fsp3) is 0.312. The summed E-state index contributed by atoms with van der Waals surface area (Å²) in [5, 5.41) is 7.66. The van der Waals surface area contributed by atoms with Crippen LogP contribution in [0.25, 0.3) is 43.4 Å². The monoisotopic (exact) mass is 460 g/mol. The van der Waals surface area contributed by atoms with Gasteiger partial charge >= 0.3 is 7.12 Å². The molecule has 5 aromatic rings. The molecule has 5 aromatic carbocycles. The lowest BCUT2D eigenvalue weighted by molar-refractivity contribution is 0.00578. The third-order valence-corrected chi connectivity index (χ3v) is 8.17. The summed E-state index contributed by atoms with van der Waals surface area (Å²) in [6.45, 7) is 15.2. The lowest BCUT2D eigenvalue weighted by atomic mass is 9.76. The highest BCUT2D eigenvalue weighted by Gasteiger charge is 2.51. The third-order valence-electron chi connectivity index (χ3n) is 8.17. The van der Waals surface area contributed by atoms with Crippen LogP contribution in [0.15, 0.2) is 72.8 Å². The van der Waals surface area contributed by atoms with E-state index in [-0.39, 0.29) is 23.7 Å². The fourth-order valence-electron chi connectivity index (χ4n) is 5.31. The van der Waals surface area contributed by atoms with Crippen LogP contribution in [0.2, 0.25) is 0 Å². The van der Waals surface area contributed by atoms with Gasteiger partial charge in [-0.15, -0.1) is 0 Å². The van der Waals surface area contributed by atoms with Crippen LogP contribution in [-0.2, 0) is 14.7 Å². The second-order valence-corrected chi connectivity index (χ2v) is 12.2. The van der Waals surface area contributed by atoms with Gasteiger partial charge in [0, 0.05) is 0 Å². The summed E-state index contributed by atoms with van der Waals surface area (Å²) < 4.78 is 12.7. The summed E-state index contributed by atoms with van der Waals surface area (Å²) in [6.07, 6.45) is 0. The van der Waals surface area contributed by atoms with E-state index in [1.54, 1.807) is 0 Å². The second-order valence-electron chi connectivity index (χ2n) is 12.2. The van der Waals surface area contributed by atoms with Crippen LogP contribution >= 0.6 is 0 Å². The van der Waals surface area contributed by atoms with Crippen LogP contribution in [0.5, 0.6) is 0 Å². The zero-order valence-corrected chi connectivity index (χ0v) is 21.8. The highest BCUT2D eigenvalue weighted by molar-refractivity contribution is 6.62. The van der Waals surface area contributed by atoms with Gasteiger partial charge in [-0.1, -0.05) is 81.4 Å². The van der Waals surface area contributed by atoms with Crippen molar-refractivity contribution in [2.45, 2.75) is 65.1 Å². The predicted octanol–water partition coefficient (Wildman–Crippen LogP) is 7.85. The van der Waals surface area contributed by atoms with Gasteiger partial charge in [-0.25, -0.2) is 0 Å². The van der Waals surface area contributed by atoms with E-state index in [0.717, 1.165) is 5.46 Å². The van der Waals surface area contributed by atoms with Gasteiger partial charge in [0.1, 0.15) is 0 Å². The molecule has 1 saturated heterocycles. The Morgan fingerprint density at radius 3 is 1.43 bits per heavy atom. The Kier molecular flexibility index (Phi) is 4.72. The standard InChI is InChI=1S/C32H33BO2/c1-30(2,3)26-14-12-20(13-15-26)25-16-21-8-10-23-18-27(33-34-31(4,5)32(6,7)35-33)19-24-11-9-22(17-25)28(21)29(23)24/h8-19H,1-7H3. The molecular formula is C32H33BO2. The molecule has 6 rings (SSSR count). The van der Waals surface area contributed by atoms with E-state index >= 15 is 0 Å². The van der Waals surface area contributed by atoms with E-state index in [9.17, 15) is 0 Å². The Morgan fingerprint density at radius 1 is 0.571 bits per heavy atom. The Morgan fingerprint density at radius 2 is 1.00 bits per heavy atom. The van der Waals surface area contributed by atoms with E-state index < -0.39 is 0 Å². The highest BCUT2D eigenvalue weighted by atomic mass is 16.7. The van der Waals surface area contributed by atoms with Gasteiger partial charge in [0.2, 0.25) is 0 Å². The van der Waals surface area contributed by atoms with Crippen LogP contribution in [0.1, 0.15) is 54.0 Å². The summed E-state index contributed by atoms with van der Waals surface area (Å²) in [5.74, 6) is 0. The van der Waals surface area contributed by atoms with Crippen LogP contribution < -0.4 is 5.46 Å². The molecule has 3 heteroatoms. The molecule has 0 amide bonds. The molecule has 1 fully saturated rings. The summed E-state index contributed by atoms with van der Waals surface area (Å²) >= 11 is 0. The Balaban J connectivity index is 1.46. The Bertz CT molecular complexity index is 1490. The molecule has 0 aliphatic carbocycles. The van der Waals surface area contributed by atoms with Crippen molar-refractivity contribution in [2.75, 3.05) is 0 Å². The lowest BCUT2D eigenvalue weighted by Gasteiger charge is -2.32. The minimum atomic E-state index is -0.357. The maximum Gasteiger partial charge on any atom is 0.494 e. The van der Waals surface area contributed by atoms with Gasteiger partial charge in [-0.3, -0.25) is 0 Å². The first-order chi connectivity index (χ1) is 16.4. The normalized spacial score (nSPS) is 17.7. The molecule has 35 heavy (non-hydrogen) atoms. The first kappa shape index (κ1) is 22.6. The molecule has 0 unspecified atom stereocenters. The summed E-state index contributed by atoms with van der Waals surface area (Å²) in [6, 6.07) is 27.2. The molecule has 0 atom stereocenters. The molecule has 176 valence electrons. The van der Waals surface area contributed by atoms with Crippen molar-refractivity contribution >= 4 is 44.9 Å². The largest absolute Gasteiger partial charge is 0.494 e. The number of rotatable bonds is 2. The maximum atomic E-state index is 6.35. The quantitative estimate of drug-likeness (QED) is 0.197. The van der Waals surface area contributed by atoms with Crippen molar-refractivity contribution in [2.24, 2.45) is 0 Å². The molecule has 1 aliphatic heterocycles. The van der Waals surface area contributed by atoms with E-state index in [0.29, 0.717) is 0 Å². The van der Waals surface area contributed by atoms with Gasteiger partial charge in [-0.05, 0) is 99.7 Å². The number of benzene rings is 5. The van der Waals surface area contributed by atoms with E-state index in [4.69, 9.17) is 9.31 Å². The topological polar surface area (TPSA) is 18.5 Å². The lowest BCUT2D eigenvalue weighted by Crippen LogP contribution is -2.41. The van der Waals surface area contributed by atoms with Crippen LogP contribution in [0, 0.1) is 0 Å². The van der Waals surface area contributed by atoms with Crippen LogP contribution in [0.4, 0.5) is 0 Å². The number of hydrogen-bond donors (Lipinski definition) is 0. The average Bonchev–Trinajstić information content (AvgIpc) is 3.03. The maximum absolute atomic E-state index is 6.35. The summed E-state index contributed by atoms with van der Waals surface area (Å²) in [7, 11) is -0.357. The first-order valence-electron chi connectivity index (χ1n) is 12.6. The van der Waals surface area contributed by atoms with Crippen molar-refractivity contribution in [3.05, 3.63) is 78.4 Å². The molecule has 0 spiro atoms. The van der Waals surface area contributed by atoms with Crippen molar-refractivity contribution in [3.8, 4) is 11.1 Å². The second kappa shape index (κ2) is 7.32. The zero-order chi connectivity index (χ0) is 24.8. The minimum absolute atomic E-state index is 0.158. The van der Waals surface area contributed by atoms with Gasteiger partial charge in [0.25, 0.3) is 0 Å².